The fraction of sp³-hybridized carbons (Fsp3) is 0.0769. The van der Waals surface area contributed by atoms with Gasteiger partial charge in [-0.1, -0.05) is 36.4 Å². The number of tetrazole rings is 1. The van der Waals surface area contributed by atoms with Crippen LogP contribution in [0.15, 0.2) is 47.8 Å². The van der Waals surface area contributed by atoms with Gasteiger partial charge in [0.1, 0.15) is 6.54 Å². The third-order valence-electron chi connectivity index (χ3n) is 2.57. The van der Waals surface area contributed by atoms with E-state index in [0.29, 0.717) is 10.7 Å². The molecule has 2 aromatic heterocycles. The summed E-state index contributed by atoms with van der Waals surface area (Å²) < 4.78 is 0. The summed E-state index contributed by atoms with van der Waals surface area (Å²) in [7, 11) is 0. The van der Waals surface area contributed by atoms with Gasteiger partial charge in [-0.25, -0.2) is 0 Å². The van der Waals surface area contributed by atoms with E-state index in [4.69, 9.17) is 0 Å². The van der Waals surface area contributed by atoms with Crippen molar-refractivity contribution in [2.24, 2.45) is 0 Å². The van der Waals surface area contributed by atoms with Gasteiger partial charge in [-0.05, 0) is 16.7 Å². The molecule has 0 unspecified atom stereocenters. The van der Waals surface area contributed by atoms with Gasteiger partial charge >= 0.3 is 0 Å². The maximum Gasteiger partial charge on any atom is 0.204 e. The Morgan fingerprint density at radius 3 is 2.74 bits per heavy atom. The van der Waals surface area contributed by atoms with E-state index in [1.54, 1.807) is 6.07 Å². The van der Waals surface area contributed by atoms with Crippen molar-refractivity contribution in [1.29, 1.82) is 0 Å². The summed E-state index contributed by atoms with van der Waals surface area (Å²) in [5.41, 5.74) is 0.886. The first-order valence-corrected chi connectivity index (χ1v) is 6.61. The Balaban J connectivity index is 1.77. The lowest BCUT2D eigenvalue weighted by atomic mass is 10.2. The highest BCUT2D eigenvalue weighted by Crippen LogP contribution is 2.13. The third kappa shape index (κ3) is 2.58. The molecule has 94 valence electrons. The van der Waals surface area contributed by atoms with Crippen molar-refractivity contribution in [3.05, 3.63) is 52.7 Å². The fourth-order valence-electron chi connectivity index (χ4n) is 1.66. The van der Waals surface area contributed by atoms with E-state index in [0.717, 1.165) is 5.56 Å². The fourth-order valence-corrected chi connectivity index (χ4v) is 2.31. The van der Waals surface area contributed by atoms with Crippen LogP contribution >= 0.6 is 11.3 Å². The van der Waals surface area contributed by atoms with Crippen LogP contribution in [0.25, 0.3) is 11.4 Å². The monoisotopic (exact) mass is 270 g/mol. The van der Waals surface area contributed by atoms with E-state index < -0.39 is 0 Å². The Kier molecular flexibility index (Phi) is 3.16. The Labute approximate surface area is 113 Å². The largest absolute Gasteiger partial charge is 0.291 e. The zero-order valence-corrected chi connectivity index (χ0v) is 10.7. The molecular weight excluding hydrogens is 260 g/mol. The number of Topliss-reactive ketones (excluding diaryl/α,β-unsaturated/α-hetero) is 1. The Bertz CT molecular complexity index is 676. The van der Waals surface area contributed by atoms with Crippen molar-refractivity contribution in [3.63, 3.8) is 0 Å². The smallest absolute Gasteiger partial charge is 0.204 e. The van der Waals surface area contributed by atoms with E-state index in [2.05, 4.69) is 15.4 Å². The van der Waals surface area contributed by atoms with E-state index in [1.165, 1.54) is 16.1 Å². The summed E-state index contributed by atoms with van der Waals surface area (Å²) in [6.45, 7) is 0.111. The second-order valence-electron chi connectivity index (χ2n) is 3.91. The molecule has 0 aliphatic heterocycles. The molecule has 2 heterocycles. The van der Waals surface area contributed by atoms with Crippen molar-refractivity contribution in [3.8, 4) is 11.4 Å². The zero-order chi connectivity index (χ0) is 13.1. The number of hydrogen-bond donors (Lipinski definition) is 0. The van der Waals surface area contributed by atoms with E-state index in [-0.39, 0.29) is 12.3 Å². The highest BCUT2D eigenvalue weighted by atomic mass is 32.1. The first-order chi connectivity index (χ1) is 9.33. The van der Waals surface area contributed by atoms with Crippen molar-refractivity contribution in [2.45, 2.75) is 6.54 Å². The molecule has 0 saturated carbocycles. The highest BCUT2D eigenvalue weighted by molar-refractivity contribution is 7.12. The van der Waals surface area contributed by atoms with Crippen LogP contribution in [0.1, 0.15) is 9.67 Å². The number of benzene rings is 1. The maximum atomic E-state index is 11.9. The molecule has 3 aromatic rings. The summed E-state index contributed by atoms with van der Waals surface area (Å²) >= 11 is 1.41. The summed E-state index contributed by atoms with van der Waals surface area (Å²) in [5.74, 6) is 0.520. The molecule has 5 nitrogen and oxygen atoms in total. The van der Waals surface area contributed by atoms with E-state index in [1.807, 2.05) is 41.8 Å². The Morgan fingerprint density at radius 1 is 1.16 bits per heavy atom. The van der Waals surface area contributed by atoms with Crippen LogP contribution in [-0.2, 0) is 6.54 Å². The van der Waals surface area contributed by atoms with E-state index >= 15 is 0 Å². The second kappa shape index (κ2) is 5.11. The molecule has 0 bridgehead atoms. The summed E-state index contributed by atoms with van der Waals surface area (Å²) in [6, 6.07) is 13.2. The number of carbonyl (C=O) groups is 1. The first kappa shape index (κ1) is 11.7. The highest BCUT2D eigenvalue weighted by Gasteiger charge is 2.11. The van der Waals surface area contributed by atoms with Crippen molar-refractivity contribution < 1.29 is 4.79 Å². The number of carbonyl (C=O) groups excluding carboxylic acids is 1. The molecule has 3 rings (SSSR count). The van der Waals surface area contributed by atoms with Gasteiger partial charge in [0.25, 0.3) is 0 Å². The quantitative estimate of drug-likeness (QED) is 0.682. The van der Waals surface area contributed by atoms with Crippen LogP contribution in [0.5, 0.6) is 0 Å². The van der Waals surface area contributed by atoms with Gasteiger partial charge in [0.05, 0.1) is 4.88 Å². The van der Waals surface area contributed by atoms with Gasteiger partial charge in [-0.3, -0.25) is 4.79 Å². The molecule has 1 aromatic carbocycles. The van der Waals surface area contributed by atoms with Gasteiger partial charge in [0.2, 0.25) is 5.82 Å². The third-order valence-corrected chi connectivity index (χ3v) is 3.48. The second-order valence-corrected chi connectivity index (χ2v) is 4.86. The van der Waals surface area contributed by atoms with Gasteiger partial charge in [0, 0.05) is 5.56 Å². The molecule has 0 amide bonds. The van der Waals surface area contributed by atoms with E-state index in [9.17, 15) is 4.79 Å². The van der Waals surface area contributed by atoms with Gasteiger partial charge < -0.3 is 0 Å². The zero-order valence-electron chi connectivity index (χ0n) is 9.93. The minimum atomic E-state index is -0.00740. The van der Waals surface area contributed by atoms with Crippen LogP contribution in [-0.4, -0.2) is 26.0 Å². The number of ketones is 1. The summed E-state index contributed by atoms with van der Waals surface area (Å²) in [4.78, 5) is 13.9. The number of nitrogens with zero attached hydrogens (tertiary/aromatic N) is 4. The molecule has 0 fully saturated rings. The molecule has 0 aliphatic carbocycles. The van der Waals surface area contributed by atoms with Crippen LogP contribution in [0.2, 0.25) is 0 Å². The molecule has 0 aliphatic rings. The molecule has 0 N–H and O–H groups in total. The molecule has 0 radical (unpaired) electrons. The predicted octanol–water partition coefficient (Wildman–Crippen LogP) is 2.28. The topological polar surface area (TPSA) is 60.7 Å². The predicted molar refractivity (Wildman–Crippen MR) is 71.9 cm³/mol. The standard InChI is InChI=1S/C13H10N4OS/c18-11(12-7-4-8-19-12)9-17-15-13(14-16-17)10-5-2-1-3-6-10/h1-8H,9H2. The van der Waals surface area contributed by atoms with Crippen molar-refractivity contribution >= 4 is 17.1 Å². The van der Waals surface area contributed by atoms with Crippen LogP contribution in [0, 0.1) is 0 Å². The minimum Gasteiger partial charge on any atom is -0.291 e. The molecule has 0 atom stereocenters. The van der Waals surface area contributed by atoms with Crippen molar-refractivity contribution in [1.82, 2.24) is 20.2 Å². The average Bonchev–Trinajstić information content (AvgIpc) is 3.11. The van der Waals surface area contributed by atoms with Crippen molar-refractivity contribution in [2.75, 3.05) is 0 Å². The van der Waals surface area contributed by atoms with Crippen LogP contribution in [0.4, 0.5) is 0 Å². The number of rotatable bonds is 4. The molecular formula is C13H10N4OS. The summed E-state index contributed by atoms with van der Waals surface area (Å²) in [5, 5.41) is 13.9. The normalized spacial score (nSPS) is 10.5. The van der Waals surface area contributed by atoms with Crippen LogP contribution < -0.4 is 0 Å². The van der Waals surface area contributed by atoms with Crippen LogP contribution in [0.3, 0.4) is 0 Å². The molecule has 0 saturated heterocycles. The van der Waals surface area contributed by atoms with Gasteiger partial charge in [-0.2, -0.15) is 4.80 Å². The lowest BCUT2D eigenvalue weighted by Gasteiger charge is -1.95. The SMILES string of the molecule is O=C(Cn1nnc(-c2ccccc2)n1)c1cccs1. The minimum absolute atomic E-state index is 0.00740. The maximum absolute atomic E-state index is 11.9. The Morgan fingerprint density at radius 2 is 2.00 bits per heavy atom. The average molecular weight is 270 g/mol. The molecule has 6 heteroatoms. The van der Waals surface area contributed by atoms with Gasteiger partial charge in [-0.15, -0.1) is 21.5 Å². The number of aromatic nitrogens is 4. The number of hydrogen-bond acceptors (Lipinski definition) is 5. The Hall–Kier alpha value is -2.34. The first-order valence-electron chi connectivity index (χ1n) is 5.73. The molecule has 0 spiro atoms. The summed E-state index contributed by atoms with van der Waals surface area (Å²) in [6.07, 6.45) is 0. The number of thiophene rings is 1. The van der Waals surface area contributed by atoms with Gasteiger partial charge in [0.15, 0.2) is 5.78 Å². The lowest BCUT2D eigenvalue weighted by molar-refractivity contribution is 0.0965. The lowest BCUT2D eigenvalue weighted by Crippen LogP contribution is -2.12. The molecule has 19 heavy (non-hydrogen) atoms.